The first-order valence-electron chi connectivity index (χ1n) is 6.68. The van der Waals surface area contributed by atoms with Gasteiger partial charge in [0.25, 0.3) is 0 Å². The fraction of sp³-hybridized carbons (Fsp3) is 0.600. The summed E-state index contributed by atoms with van der Waals surface area (Å²) in [6.07, 6.45) is 2.73. The van der Waals surface area contributed by atoms with Crippen molar-refractivity contribution in [2.75, 3.05) is 6.54 Å². The zero-order chi connectivity index (χ0) is 12.3. The molecule has 0 spiro atoms. The second-order valence-corrected chi connectivity index (χ2v) is 5.32. The molecule has 94 valence electrons. The smallest absolute Gasteiger partial charge is 0.0211 e. The average Bonchev–Trinajstić information content (AvgIpc) is 3.12. The molecule has 0 radical (unpaired) electrons. The van der Waals surface area contributed by atoms with Gasteiger partial charge in [0.1, 0.15) is 0 Å². The molecule has 1 aliphatic rings. The fourth-order valence-electron chi connectivity index (χ4n) is 1.99. The Hall–Kier alpha value is -0.860. The summed E-state index contributed by atoms with van der Waals surface area (Å²) >= 11 is 0. The van der Waals surface area contributed by atoms with Crippen LogP contribution in [0, 0.1) is 13.8 Å². The highest BCUT2D eigenvalue weighted by Crippen LogP contribution is 2.18. The molecule has 1 fully saturated rings. The van der Waals surface area contributed by atoms with Crippen molar-refractivity contribution >= 4 is 0 Å². The Morgan fingerprint density at radius 3 is 2.76 bits per heavy atom. The van der Waals surface area contributed by atoms with Crippen molar-refractivity contribution < 1.29 is 0 Å². The number of aryl methyl sites for hydroxylation is 1. The molecule has 1 aromatic rings. The van der Waals surface area contributed by atoms with Gasteiger partial charge in [0.2, 0.25) is 0 Å². The van der Waals surface area contributed by atoms with Crippen LogP contribution in [0.1, 0.15) is 36.5 Å². The van der Waals surface area contributed by atoms with Crippen LogP contribution in [-0.2, 0) is 6.54 Å². The van der Waals surface area contributed by atoms with Crippen LogP contribution in [0.3, 0.4) is 0 Å². The standard InChI is InChI=1S/C15H24N2/c1-11-5-4-6-14(13(11)3)10-16-12(2)9-17-15-7-8-15/h4-6,12,15-17H,7-10H2,1-3H3. The summed E-state index contributed by atoms with van der Waals surface area (Å²) in [5.41, 5.74) is 4.22. The Bertz CT molecular complexity index is 369. The Labute approximate surface area is 105 Å². The summed E-state index contributed by atoms with van der Waals surface area (Å²) in [5.74, 6) is 0. The molecule has 17 heavy (non-hydrogen) atoms. The van der Waals surface area contributed by atoms with Crippen molar-refractivity contribution in [3.05, 3.63) is 34.9 Å². The van der Waals surface area contributed by atoms with Crippen molar-refractivity contribution in [1.29, 1.82) is 0 Å². The van der Waals surface area contributed by atoms with E-state index in [9.17, 15) is 0 Å². The maximum atomic E-state index is 3.59. The largest absolute Gasteiger partial charge is 0.312 e. The van der Waals surface area contributed by atoms with E-state index in [0.717, 1.165) is 19.1 Å². The van der Waals surface area contributed by atoms with E-state index in [0.29, 0.717) is 6.04 Å². The Balaban J connectivity index is 1.77. The minimum absolute atomic E-state index is 0.538. The van der Waals surface area contributed by atoms with Gasteiger partial charge in [-0.1, -0.05) is 18.2 Å². The highest BCUT2D eigenvalue weighted by atomic mass is 15.0. The summed E-state index contributed by atoms with van der Waals surface area (Å²) < 4.78 is 0. The molecule has 0 aromatic heterocycles. The first kappa shape index (κ1) is 12.6. The number of hydrogen-bond acceptors (Lipinski definition) is 2. The minimum Gasteiger partial charge on any atom is -0.312 e. The molecular formula is C15H24N2. The van der Waals surface area contributed by atoms with Gasteiger partial charge in [0, 0.05) is 25.2 Å². The van der Waals surface area contributed by atoms with Crippen molar-refractivity contribution in [2.24, 2.45) is 0 Å². The molecular weight excluding hydrogens is 208 g/mol. The summed E-state index contributed by atoms with van der Waals surface area (Å²) in [5, 5.41) is 7.14. The molecule has 1 atom stereocenters. The minimum atomic E-state index is 0.538. The Kier molecular flexibility index (Phi) is 4.19. The highest BCUT2D eigenvalue weighted by molar-refractivity contribution is 5.32. The van der Waals surface area contributed by atoms with Gasteiger partial charge in [-0.25, -0.2) is 0 Å². The maximum Gasteiger partial charge on any atom is 0.0211 e. The van der Waals surface area contributed by atoms with Crippen LogP contribution in [0.4, 0.5) is 0 Å². The summed E-state index contributed by atoms with van der Waals surface area (Å²) in [6.45, 7) is 8.69. The molecule has 2 N–H and O–H groups in total. The third-order valence-electron chi connectivity index (χ3n) is 3.65. The van der Waals surface area contributed by atoms with Gasteiger partial charge in [-0.2, -0.15) is 0 Å². The zero-order valence-corrected chi connectivity index (χ0v) is 11.2. The average molecular weight is 232 g/mol. The van der Waals surface area contributed by atoms with E-state index in [-0.39, 0.29) is 0 Å². The SMILES string of the molecule is Cc1cccc(CNC(C)CNC2CC2)c1C. The molecule has 0 amide bonds. The van der Waals surface area contributed by atoms with Gasteiger partial charge in [-0.3, -0.25) is 0 Å². The van der Waals surface area contributed by atoms with Crippen molar-refractivity contribution in [2.45, 2.75) is 52.2 Å². The molecule has 0 saturated heterocycles. The van der Waals surface area contributed by atoms with Gasteiger partial charge in [-0.05, 0) is 50.3 Å². The summed E-state index contributed by atoms with van der Waals surface area (Å²) in [4.78, 5) is 0. The lowest BCUT2D eigenvalue weighted by Gasteiger charge is -2.16. The molecule has 1 aromatic carbocycles. The molecule has 2 rings (SSSR count). The molecule has 0 bridgehead atoms. The van der Waals surface area contributed by atoms with Gasteiger partial charge in [-0.15, -0.1) is 0 Å². The van der Waals surface area contributed by atoms with Crippen LogP contribution < -0.4 is 10.6 Å². The molecule has 0 aliphatic heterocycles. The lowest BCUT2D eigenvalue weighted by molar-refractivity contribution is 0.499. The number of nitrogens with one attached hydrogen (secondary N) is 2. The highest BCUT2D eigenvalue weighted by Gasteiger charge is 2.20. The Morgan fingerprint density at radius 1 is 1.29 bits per heavy atom. The van der Waals surface area contributed by atoms with E-state index in [2.05, 4.69) is 49.6 Å². The van der Waals surface area contributed by atoms with E-state index < -0.39 is 0 Å². The van der Waals surface area contributed by atoms with E-state index in [4.69, 9.17) is 0 Å². The third kappa shape index (κ3) is 3.83. The van der Waals surface area contributed by atoms with Gasteiger partial charge in [0.15, 0.2) is 0 Å². The zero-order valence-electron chi connectivity index (χ0n) is 11.2. The normalized spacial score (nSPS) is 17.1. The van der Waals surface area contributed by atoms with Crippen LogP contribution in [0.25, 0.3) is 0 Å². The predicted molar refractivity (Wildman–Crippen MR) is 73.2 cm³/mol. The van der Waals surface area contributed by atoms with E-state index in [1.54, 1.807) is 0 Å². The second-order valence-electron chi connectivity index (χ2n) is 5.32. The lowest BCUT2D eigenvalue weighted by atomic mass is 10.0. The monoisotopic (exact) mass is 232 g/mol. The third-order valence-corrected chi connectivity index (χ3v) is 3.65. The molecule has 1 aliphatic carbocycles. The van der Waals surface area contributed by atoms with Crippen LogP contribution >= 0.6 is 0 Å². The van der Waals surface area contributed by atoms with Crippen molar-refractivity contribution in [3.8, 4) is 0 Å². The first-order valence-corrected chi connectivity index (χ1v) is 6.68. The lowest BCUT2D eigenvalue weighted by Crippen LogP contribution is -2.36. The van der Waals surface area contributed by atoms with E-state index >= 15 is 0 Å². The van der Waals surface area contributed by atoms with Crippen molar-refractivity contribution in [3.63, 3.8) is 0 Å². The summed E-state index contributed by atoms with van der Waals surface area (Å²) in [6, 6.07) is 7.88. The summed E-state index contributed by atoms with van der Waals surface area (Å²) in [7, 11) is 0. The molecule has 2 nitrogen and oxygen atoms in total. The number of rotatable bonds is 6. The molecule has 0 heterocycles. The second kappa shape index (κ2) is 5.65. The van der Waals surface area contributed by atoms with Gasteiger partial charge >= 0.3 is 0 Å². The van der Waals surface area contributed by atoms with Gasteiger partial charge in [0.05, 0.1) is 0 Å². The number of hydrogen-bond donors (Lipinski definition) is 2. The van der Waals surface area contributed by atoms with Gasteiger partial charge < -0.3 is 10.6 Å². The maximum absolute atomic E-state index is 3.59. The van der Waals surface area contributed by atoms with E-state index in [1.165, 1.54) is 29.5 Å². The Morgan fingerprint density at radius 2 is 2.06 bits per heavy atom. The molecule has 2 heteroatoms. The van der Waals surface area contributed by atoms with E-state index in [1.807, 2.05) is 0 Å². The van der Waals surface area contributed by atoms with Crippen LogP contribution in [0.2, 0.25) is 0 Å². The predicted octanol–water partition coefficient (Wildman–Crippen LogP) is 2.53. The fourth-order valence-corrected chi connectivity index (χ4v) is 1.99. The molecule has 1 saturated carbocycles. The van der Waals surface area contributed by atoms with Crippen LogP contribution in [0.5, 0.6) is 0 Å². The number of benzene rings is 1. The van der Waals surface area contributed by atoms with Crippen LogP contribution in [-0.4, -0.2) is 18.6 Å². The quantitative estimate of drug-likeness (QED) is 0.787. The van der Waals surface area contributed by atoms with Crippen molar-refractivity contribution in [1.82, 2.24) is 10.6 Å². The first-order chi connectivity index (χ1) is 8.16. The molecule has 1 unspecified atom stereocenters. The topological polar surface area (TPSA) is 24.1 Å². The van der Waals surface area contributed by atoms with Crippen LogP contribution in [0.15, 0.2) is 18.2 Å².